The largest absolute Gasteiger partial charge is 0.300 e. The molecule has 3 heteroatoms. The van der Waals surface area contributed by atoms with E-state index in [-0.39, 0.29) is 0 Å². The van der Waals surface area contributed by atoms with E-state index >= 15 is 0 Å². The third-order valence-electron chi connectivity index (χ3n) is 4.88. The topological polar surface area (TPSA) is 24.4 Å². The number of nitrogens with zero attached hydrogens (tertiary/aromatic N) is 1. The zero-order valence-electron chi connectivity index (χ0n) is 15.9. The fourth-order valence-electron chi connectivity index (χ4n) is 2.62. The first-order chi connectivity index (χ1) is 10.6. The van der Waals surface area contributed by atoms with Gasteiger partial charge in [0.1, 0.15) is 0 Å². The summed E-state index contributed by atoms with van der Waals surface area (Å²) in [4.78, 5) is 4.80. The van der Waals surface area contributed by atoms with Gasteiger partial charge in [0.05, 0.1) is 0 Å². The molecule has 3 atom stereocenters. The summed E-state index contributed by atoms with van der Waals surface area (Å²) in [5.41, 5.74) is 0. The molecule has 132 valence electrons. The van der Waals surface area contributed by atoms with Crippen LogP contribution in [0.5, 0.6) is 0 Å². The number of aliphatic imine (C=N–C) groups is 1. The van der Waals surface area contributed by atoms with Crippen molar-refractivity contribution in [1.29, 1.82) is 0 Å². The van der Waals surface area contributed by atoms with E-state index in [1.807, 2.05) is 11.8 Å². The molecule has 0 amide bonds. The Kier molecular flexibility index (Phi) is 14.6. The van der Waals surface area contributed by atoms with E-state index < -0.39 is 0 Å². The van der Waals surface area contributed by atoms with E-state index in [0.717, 1.165) is 36.6 Å². The van der Waals surface area contributed by atoms with E-state index in [9.17, 15) is 0 Å². The summed E-state index contributed by atoms with van der Waals surface area (Å²) in [7, 11) is 0. The van der Waals surface area contributed by atoms with Crippen molar-refractivity contribution in [2.45, 2.75) is 79.7 Å². The highest BCUT2D eigenvalue weighted by Gasteiger charge is 2.20. The molecule has 0 saturated heterocycles. The lowest BCUT2D eigenvalue weighted by molar-refractivity contribution is 0.252. The maximum Gasteiger partial charge on any atom is 0.0424 e. The second-order valence-corrected chi connectivity index (χ2v) is 7.68. The van der Waals surface area contributed by atoms with Gasteiger partial charge < -0.3 is 5.32 Å². The minimum absolute atomic E-state index is 0.434. The Morgan fingerprint density at radius 3 is 2.14 bits per heavy atom. The van der Waals surface area contributed by atoms with E-state index in [1.54, 1.807) is 0 Å². The molecule has 0 aromatic carbocycles. The average Bonchev–Trinajstić information content (AvgIpc) is 2.55. The Hall–Kier alpha value is -0.0200. The monoisotopic (exact) mass is 328 g/mol. The Bertz CT molecular complexity index is 258. The predicted molar refractivity (Wildman–Crippen MR) is 105 cm³/mol. The molecule has 22 heavy (non-hydrogen) atoms. The van der Waals surface area contributed by atoms with Crippen LogP contribution < -0.4 is 5.32 Å². The second-order valence-electron chi connectivity index (χ2n) is 6.57. The van der Waals surface area contributed by atoms with Crippen molar-refractivity contribution >= 4 is 18.0 Å². The number of hydrogen-bond acceptors (Lipinski definition) is 3. The van der Waals surface area contributed by atoms with Gasteiger partial charge in [0.15, 0.2) is 0 Å². The van der Waals surface area contributed by atoms with Gasteiger partial charge in [-0.15, -0.1) is 11.8 Å². The molecule has 0 aliphatic rings. The average molecular weight is 329 g/mol. The van der Waals surface area contributed by atoms with Crippen LogP contribution in [-0.4, -0.2) is 30.4 Å². The fraction of sp³-hybridized carbons (Fsp3) is 0.947. The van der Waals surface area contributed by atoms with Crippen molar-refractivity contribution in [2.75, 3.05) is 18.2 Å². The summed E-state index contributed by atoms with van der Waals surface area (Å²) in [6, 6.07) is 0.434. The van der Waals surface area contributed by atoms with Crippen LogP contribution >= 0.6 is 11.8 Å². The maximum atomic E-state index is 4.80. The molecule has 0 aliphatic carbocycles. The first-order valence-corrected chi connectivity index (χ1v) is 10.6. The van der Waals surface area contributed by atoms with Crippen molar-refractivity contribution < 1.29 is 0 Å². The lowest BCUT2D eigenvalue weighted by Crippen LogP contribution is -2.30. The van der Waals surface area contributed by atoms with E-state index in [1.165, 1.54) is 31.4 Å². The minimum Gasteiger partial charge on any atom is -0.300 e. The summed E-state index contributed by atoms with van der Waals surface area (Å²) in [6.45, 7) is 14.8. The first kappa shape index (κ1) is 22.0. The van der Waals surface area contributed by atoms with Crippen LogP contribution in [0.1, 0.15) is 73.6 Å². The van der Waals surface area contributed by atoms with Crippen molar-refractivity contribution in [3.05, 3.63) is 0 Å². The van der Waals surface area contributed by atoms with Gasteiger partial charge in [-0.2, -0.15) is 0 Å². The third-order valence-corrected chi connectivity index (χ3v) is 5.83. The molecule has 0 aliphatic heterocycles. The summed E-state index contributed by atoms with van der Waals surface area (Å²) < 4.78 is 0. The molecule has 0 bridgehead atoms. The highest BCUT2D eigenvalue weighted by molar-refractivity contribution is 7.99. The third kappa shape index (κ3) is 9.89. The zero-order chi connectivity index (χ0) is 16.8. The second kappa shape index (κ2) is 14.6. The van der Waals surface area contributed by atoms with Crippen LogP contribution in [0.25, 0.3) is 0 Å². The van der Waals surface area contributed by atoms with E-state index in [0.29, 0.717) is 6.04 Å². The Labute approximate surface area is 144 Å². The van der Waals surface area contributed by atoms with Gasteiger partial charge in [-0.1, -0.05) is 60.8 Å². The van der Waals surface area contributed by atoms with Gasteiger partial charge >= 0.3 is 0 Å². The smallest absolute Gasteiger partial charge is 0.0424 e. The maximum absolute atomic E-state index is 4.80. The summed E-state index contributed by atoms with van der Waals surface area (Å²) in [6.07, 6.45) is 8.41. The number of unbranched alkanes of at least 4 members (excludes halogenated alkanes) is 1. The molecule has 0 saturated carbocycles. The van der Waals surface area contributed by atoms with Crippen LogP contribution in [0.2, 0.25) is 0 Å². The molecular weight excluding hydrogens is 288 g/mol. The quantitative estimate of drug-likeness (QED) is 0.254. The standard InChI is InChI=1S/C19H40N2S/c1-7-11-12-22-15-21-18(10-4)13-20-14-19(16(5)8-2)17(6)9-3/h13,16-19,21H,7-12,14-15H2,1-6H3. The number of rotatable bonds is 14. The van der Waals surface area contributed by atoms with Gasteiger partial charge in [0.2, 0.25) is 0 Å². The van der Waals surface area contributed by atoms with Crippen LogP contribution in [0.15, 0.2) is 4.99 Å². The highest BCUT2D eigenvalue weighted by Crippen LogP contribution is 2.26. The van der Waals surface area contributed by atoms with Crippen LogP contribution in [0, 0.1) is 17.8 Å². The molecule has 1 N–H and O–H groups in total. The molecule has 0 aromatic heterocycles. The van der Waals surface area contributed by atoms with Crippen LogP contribution in [-0.2, 0) is 0 Å². The van der Waals surface area contributed by atoms with Crippen molar-refractivity contribution in [2.24, 2.45) is 22.7 Å². The summed E-state index contributed by atoms with van der Waals surface area (Å²) >= 11 is 2.01. The fourth-order valence-corrected chi connectivity index (χ4v) is 3.59. The van der Waals surface area contributed by atoms with Gasteiger partial charge in [0, 0.05) is 24.7 Å². The van der Waals surface area contributed by atoms with Crippen LogP contribution in [0.3, 0.4) is 0 Å². The lowest BCUT2D eigenvalue weighted by Gasteiger charge is -2.27. The SMILES string of the molecule is CCCCSCNC(C=NCC(C(C)CC)C(C)CC)CC. The predicted octanol–water partition coefficient (Wildman–Crippen LogP) is 5.62. The van der Waals surface area contributed by atoms with Gasteiger partial charge in [0.25, 0.3) is 0 Å². The zero-order valence-corrected chi connectivity index (χ0v) is 16.7. The Balaban J connectivity index is 4.20. The van der Waals surface area contributed by atoms with Gasteiger partial charge in [-0.25, -0.2) is 0 Å². The molecule has 0 fully saturated rings. The van der Waals surface area contributed by atoms with E-state index in [2.05, 4.69) is 53.1 Å². The Morgan fingerprint density at radius 1 is 1.00 bits per heavy atom. The molecule has 0 aromatic rings. The number of nitrogens with one attached hydrogen (secondary N) is 1. The minimum atomic E-state index is 0.434. The number of thioether (sulfide) groups is 1. The van der Waals surface area contributed by atoms with E-state index in [4.69, 9.17) is 4.99 Å². The van der Waals surface area contributed by atoms with Crippen molar-refractivity contribution in [3.63, 3.8) is 0 Å². The van der Waals surface area contributed by atoms with Gasteiger partial charge in [-0.05, 0) is 36.3 Å². The molecule has 3 unspecified atom stereocenters. The number of hydrogen-bond donors (Lipinski definition) is 1. The molecule has 2 nitrogen and oxygen atoms in total. The Morgan fingerprint density at radius 2 is 1.64 bits per heavy atom. The normalized spacial score (nSPS) is 17.5. The molecule has 0 rings (SSSR count). The van der Waals surface area contributed by atoms with Crippen LogP contribution in [0.4, 0.5) is 0 Å². The lowest BCUT2D eigenvalue weighted by atomic mass is 9.81. The summed E-state index contributed by atoms with van der Waals surface area (Å²) in [5.74, 6) is 4.57. The van der Waals surface area contributed by atoms with Crippen molar-refractivity contribution in [3.8, 4) is 0 Å². The van der Waals surface area contributed by atoms with Gasteiger partial charge in [-0.3, -0.25) is 4.99 Å². The first-order valence-electron chi connectivity index (χ1n) is 9.41. The highest BCUT2D eigenvalue weighted by atomic mass is 32.2. The molecule has 0 heterocycles. The summed E-state index contributed by atoms with van der Waals surface area (Å²) in [5, 5.41) is 3.60. The van der Waals surface area contributed by atoms with Crippen molar-refractivity contribution in [1.82, 2.24) is 5.32 Å². The molecule has 0 radical (unpaired) electrons. The molecular formula is C19H40N2S. The molecule has 0 spiro atoms.